The summed E-state index contributed by atoms with van der Waals surface area (Å²) in [6.45, 7) is 4.24. The molecule has 0 saturated heterocycles. The maximum atomic E-state index is 11.5. The Balaban J connectivity index is 1.91. The van der Waals surface area contributed by atoms with E-state index in [1.54, 1.807) is 0 Å². The summed E-state index contributed by atoms with van der Waals surface area (Å²) in [5, 5.41) is 4.14. The van der Waals surface area contributed by atoms with Crippen molar-refractivity contribution in [2.45, 2.75) is 78.1 Å². The first-order chi connectivity index (χ1) is 8.74. The Morgan fingerprint density at radius 2 is 1.72 bits per heavy atom. The zero-order chi connectivity index (χ0) is 13.2. The molecule has 1 fully saturated rings. The minimum Gasteiger partial charge on any atom is -0.273 e. The van der Waals surface area contributed by atoms with Crippen molar-refractivity contribution in [2.24, 2.45) is 11.0 Å². The summed E-state index contributed by atoms with van der Waals surface area (Å²) in [5.74, 6) is 0.715. The predicted molar refractivity (Wildman–Crippen MR) is 76.6 cm³/mol. The van der Waals surface area contributed by atoms with Gasteiger partial charge in [0, 0.05) is 12.1 Å². The number of hydrazone groups is 1. The largest absolute Gasteiger partial charge is 0.273 e. The number of nitrogens with zero attached hydrogens (tertiary/aromatic N) is 1. The van der Waals surface area contributed by atoms with E-state index in [2.05, 4.69) is 17.5 Å². The van der Waals surface area contributed by atoms with Gasteiger partial charge >= 0.3 is 0 Å². The molecule has 18 heavy (non-hydrogen) atoms. The van der Waals surface area contributed by atoms with Crippen molar-refractivity contribution in [3.8, 4) is 0 Å². The molecule has 0 radical (unpaired) electrons. The minimum atomic E-state index is 0.0727. The highest BCUT2D eigenvalue weighted by molar-refractivity contribution is 5.87. The molecule has 3 heteroatoms. The first kappa shape index (κ1) is 15.2. The van der Waals surface area contributed by atoms with Crippen LogP contribution in [0.15, 0.2) is 5.10 Å². The Hall–Kier alpha value is -0.860. The molecule has 104 valence electrons. The normalized spacial score (nSPS) is 15.8. The molecule has 0 aromatic rings. The van der Waals surface area contributed by atoms with Crippen molar-refractivity contribution < 1.29 is 4.79 Å². The Kier molecular flexibility index (Phi) is 7.70. The van der Waals surface area contributed by atoms with Crippen LogP contribution < -0.4 is 5.43 Å². The monoisotopic (exact) mass is 252 g/mol. The molecule has 1 saturated carbocycles. The topological polar surface area (TPSA) is 41.5 Å². The summed E-state index contributed by atoms with van der Waals surface area (Å²) in [6, 6.07) is 0. The molecule has 0 heterocycles. The van der Waals surface area contributed by atoms with E-state index < -0.39 is 0 Å². The second-order valence-corrected chi connectivity index (χ2v) is 5.43. The van der Waals surface area contributed by atoms with Gasteiger partial charge in [-0.05, 0) is 32.1 Å². The standard InChI is InChI=1S/C15H28N2O/c1-3-4-5-6-7-8-9-10-15(18)17-16-13(2)14-11-12-14/h14H,3-12H2,1-2H3,(H,17,18)/b16-13+. The van der Waals surface area contributed by atoms with Gasteiger partial charge in [-0.25, -0.2) is 5.43 Å². The molecule has 0 unspecified atom stereocenters. The number of unbranched alkanes of at least 4 members (excludes halogenated alkanes) is 6. The number of rotatable bonds is 10. The number of amides is 1. The highest BCUT2D eigenvalue weighted by Crippen LogP contribution is 2.30. The van der Waals surface area contributed by atoms with Crippen LogP contribution in [0.1, 0.15) is 78.1 Å². The molecule has 3 nitrogen and oxygen atoms in total. The third-order valence-electron chi connectivity index (χ3n) is 3.53. The summed E-state index contributed by atoms with van der Waals surface area (Å²) in [7, 11) is 0. The highest BCUT2D eigenvalue weighted by atomic mass is 16.2. The number of carbonyl (C=O) groups is 1. The molecular formula is C15H28N2O. The van der Waals surface area contributed by atoms with Gasteiger partial charge in [-0.2, -0.15) is 5.10 Å². The van der Waals surface area contributed by atoms with E-state index in [4.69, 9.17) is 0 Å². The van der Waals surface area contributed by atoms with E-state index >= 15 is 0 Å². The molecule has 1 rings (SSSR count). The highest BCUT2D eigenvalue weighted by Gasteiger charge is 2.24. The summed E-state index contributed by atoms with van der Waals surface area (Å²) in [6.07, 6.45) is 11.8. The van der Waals surface area contributed by atoms with E-state index in [0.29, 0.717) is 12.3 Å². The Bertz CT molecular complexity index is 270. The summed E-state index contributed by atoms with van der Waals surface area (Å²) < 4.78 is 0. The predicted octanol–water partition coefficient (Wildman–Crippen LogP) is 4.03. The molecule has 0 atom stereocenters. The molecule has 0 aromatic heterocycles. The number of nitrogens with one attached hydrogen (secondary N) is 1. The van der Waals surface area contributed by atoms with Crippen LogP contribution >= 0.6 is 0 Å². The maximum absolute atomic E-state index is 11.5. The third-order valence-corrected chi connectivity index (χ3v) is 3.53. The van der Waals surface area contributed by atoms with Crippen molar-refractivity contribution in [3.63, 3.8) is 0 Å². The minimum absolute atomic E-state index is 0.0727. The average Bonchev–Trinajstić information content (AvgIpc) is 3.19. The lowest BCUT2D eigenvalue weighted by Crippen LogP contribution is -2.18. The maximum Gasteiger partial charge on any atom is 0.240 e. The van der Waals surface area contributed by atoms with Gasteiger partial charge in [-0.1, -0.05) is 45.4 Å². The fourth-order valence-corrected chi connectivity index (χ4v) is 2.04. The molecular weight excluding hydrogens is 224 g/mol. The fourth-order valence-electron chi connectivity index (χ4n) is 2.04. The van der Waals surface area contributed by atoms with Crippen molar-refractivity contribution in [3.05, 3.63) is 0 Å². The van der Waals surface area contributed by atoms with Gasteiger partial charge < -0.3 is 0 Å². The number of hydrogen-bond acceptors (Lipinski definition) is 2. The molecule has 1 N–H and O–H groups in total. The Morgan fingerprint density at radius 1 is 1.11 bits per heavy atom. The smallest absolute Gasteiger partial charge is 0.240 e. The van der Waals surface area contributed by atoms with Crippen molar-refractivity contribution in [1.82, 2.24) is 5.43 Å². The molecule has 0 aromatic carbocycles. The average molecular weight is 252 g/mol. The lowest BCUT2D eigenvalue weighted by molar-refractivity contribution is -0.121. The van der Waals surface area contributed by atoms with E-state index in [9.17, 15) is 4.79 Å². The molecule has 0 bridgehead atoms. The molecule has 0 spiro atoms. The zero-order valence-corrected chi connectivity index (χ0v) is 12.0. The Morgan fingerprint density at radius 3 is 2.33 bits per heavy atom. The summed E-state index contributed by atoms with van der Waals surface area (Å²) in [5.41, 5.74) is 3.75. The quantitative estimate of drug-likeness (QED) is 0.356. The van der Waals surface area contributed by atoms with Gasteiger partial charge in [0.25, 0.3) is 0 Å². The van der Waals surface area contributed by atoms with Crippen molar-refractivity contribution in [2.75, 3.05) is 0 Å². The van der Waals surface area contributed by atoms with Gasteiger partial charge in [0.05, 0.1) is 0 Å². The summed E-state index contributed by atoms with van der Waals surface area (Å²) >= 11 is 0. The zero-order valence-electron chi connectivity index (χ0n) is 12.0. The molecule has 1 amide bonds. The van der Waals surface area contributed by atoms with E-state index in [-0.39, 0.29) is 5.91 Å². The van der Waals surface area contributed by atoms with Crippen LogP contribution in [0.5, 0.6) is 0 Å². The third kappa shape index (κ3) is 7.46. The van der Waals surface area contributed by atoms with Gasteiger partial charge in [0.1, 0.15) is 0 Å². The van der Waals surface area contributed by atoms with Crippen LogP contribution in [0.3, 0.4) is 0 Å². The van der Waals surface area contributed by atoms with Crippen LogP contribution in [-0.2, 0) is 4.79 Å². The molecule has 1 aliphatic carbocycles. The first-order valence-electron chi connectivity index (χ1n) is 7.57. The van der Waals surface area contributed by atoms with E-state index in [1.165, 1.54) is 51.4 Å². The molecule has 0 aliphatic heterocycles. The number of carbonyl (C=O) groups excluding carboxylic acids is 1. The van der Waals surface area contributed by atoms with Gasteiger partial charge in [0.2, 0.25) is 5.91 Å². The number of hydrogen-bond donors (Lipinski definition) is 1. The van der Waals surface area contributed by atoms with Crippen LogP contribution in [0, 0.1) is 5.92 Å². The lowest BCUT2D eigenvalue weighted by Gasteiger charge is -2.02. The Labute approximate surface area is 111 Å². The summed E-state index contributed by atoms with van der Waals surface area (Å²) in [4.78, 5) is 11.5. The second-order valence-electron chi connectivity index (χ2n) is 5.43. The fraction of sp³-hybridized carbons (Fsp3) is 0.867. The van der Waals surface area contributed by atoms with Crippen molar-refractivity contribution >= 4 is 11.6 Å². The first-order valence-corrected chi connectivity index (χ1v) is 7.57. The van der Waals surface area contributed by atoms with Crippen LogP contribution in [0.25, 0.3) is 0 Å². The SMILES string of the molecule is CCCCCCCCCC(=O)N/N=C(\C)C1CC1. The van der Waals surface area contributed by atoms with E-state index in [1.807, 2.05) is 6.92 Å². The van der Waals surface area contributed by atoms with Crippen LogP contribution in [-0.4, -0.2) is 11.6 Å². The second kappa shape index (κ2) is 9.12. The van der Waals surface area contributed by atoms with E-state index in [0.717, 1.165) is 12.1 Å². The van der Waals surface area contributed by atoms with Gasteiger partial charge in [-0.15, -0.1) is 0 Å². The van der Waals surface area contributed by atoms with Gasteiger partial charge in [-0.3, -0.25) is 4.79 Å². The lowest BCUT2D eigenvalue weighted by atomic mass is 10.1. The molecule has 1 aliphatic rings. The van der Waals surface area contributed by atoms with Crippen LogP contribution in [0.2, 0.25) is 0 Å². The van der Waals surface area contributed by atoms with Crippen molar-refractivity contribution in [1.29, 1.82) is 0 Å². The van der Waals surface area contributed by atoms with Crippen LogP contribution in [0.4, 0.5) is 0 Å². The van der Waals surface area contributed by atoms with Gasteiger partial charge in [0.15, 0.2) is 0 Å².